The minimum atomic E-state index is -0.570. The standard InChI is InChI=1S/C18H12FNO3S2/c1-20-16(21)15(25-18(20)24)10-11-2-8-14(9-3-11)23-17(22)12-4-6-13(19)7-5-12/h2-10H,1H3/b15-10+. The van der Waals surface area contributed by atoms with Crippen molar-refractivity contribution in [2.45, 2.75) is 0 Å². The molecule has 2 aromatic carbocycles. The molecule has 1 heterocycles. The number of likely N-dealkylation sites (N-methyl/N-ethyl adjacent to an activating group) is 1. The fraction of sp³-hybridized carbons (Fsp3) is 0.0556. The predicted octanol–water partition coefficient (Wildman–Crippen LogP) is 3.88. The van der Waals surface area contributed by atoms with Crippen molar-refractivity contribution in [3.05, 3.63) is 70.4 Å². The number of nitrogens with zero attached hydrogens (tertiary/aromatic N) is 1. The maximum Gasteiger partial charge on any atom is 0.343 e. The van der Waals surface area contributed by atoms with Crippen molar-refractivity contribution in [1.82, 2.24) is 4.90 Å². The van der Waals surface area contributed by atoms with E-state index in [0.29, 0.717) is 15.0 Å². The fourth-order valence-electron chi connectivity index (χ4n) is 2.08. The Morgan fingerprint density at radius 2 is 1.80 bits per heavy atom. The summed E-state index contributed by atoms with van der Waals surface area (Å²) < 4.78 is 18.6. The molecule has 2 aromatic rings. The Labute approximate surface area is 153 Å². The molecule has 0 atom stereocenters. The van der Waals surface area contributed by atoms with Crippen molar-refractivity contribution < 1.29 is 18.7 Å². The van der Waals surface area contributed by atoms with Gasteiger partial charge in [0.2, 0.25) is 0 Å². The van der Waals surface area contributed by atoms with Crippen LogP contribution < -0.4 is 4.74 Å². The molecule has 0 radical (unpaired) electrons. The summed E-state index contributed by atoms with van der Waals surface area (Å²) in [5, 5.41) is 0. The van der Waals surface area contributed by atoms with E-state index in [1.807, 2.05) is 0 Å². The molecule has 4 nitrogen and oxygen atoms in total. The molecule has 1 fully saturated rings. The molecule has 0 N–H and O–H groups in total. The Morgan fingerprint density at radius 1 is 1.16 bits per heavy atom. The van der Waals surface area contributed by atoms with E-state index in [-0.39, 0.29) is 11.5 Å². The number of rotatable bonds is 3. The summed E-state index contributed by atoms with van der Waals surface area (Å²) in [7, 11) is 1.64. The molecule has 1 amide bonds. The zero-order valence-corrected chi connectivity index (χ0v) is 14.7. The third kappa shape index (κ3) is 3.94. The first-order valence-electron chi connectivity index (χ1n) is 7.23. The van der Waals surface area contributed by atoms with Crippen LogP contribution in [0.2, 0.25) is 0 Å². The van der Waals surface area contributed by atoms with Gasteiger partial charge in [-0.3, -0.25) is 9.69 Å². The van der Waals surface area contributed by atoms with Gasteiger partial charge < -0.3 is 4.74 Å². The van der Waals surface area contributed by atoms with Gasteiger partial charge in [0.15, 0.2) is 0 Å². The van der Waals surface area contributed by atoms with Crippen molar-refractivity contribution in [3.8, 4) is 5.75 Å². The van der Waals surface area contributed by atoms with Crippen molar-refractivity contribution >= 4 is 46.3 Å². The number of thiocarbonyl (C=S) groups is 1. The number of ether oxygens (including phenoxy) is 1. The van der Waals surface area contributed by atoms with Gasteiger partial charge >= 0.3 is 5.97 Å². The lowest BCUT2D eigenvalue weighted by atomic mass is 10.2. The molecule has 25 heavy (non-hydrogen) atoms. The number of carbonyl (C=O) groups excluding carboxylic acids is 2. The number of hydrogen-bond acceptors (Lipinski definition) is 5. The van der Waals surface area contributed by atoms with E-state index in [4.69, 9.17) is 17.0 Å². The fourth-order valence-corrected chi connectivity index (χ4v) is 3.26. The molecular formula is C18H12FNO3S2. The first-order valence-corrected chi connectivity index (χ1v) is 8.46. The maximum absolute atomic E-state index is 12.9. The molecule has 0 aromatic heterocycles. The maximum atomic E-state index is 12.9. The van der Waals surface area contributed by atoms with Gasteiger partial charge in [0.1, 0.15) is 15.9 Å². The number of hydrogen-bond donors (Lipinski definition) is 0. The van der Waals surface area contributed by atoms with Crippen LogP contribution in [0.3, 0.4) is 0 Å². The van der Waals surface area contributed by atoms with Crippen molar-refractivity contribution in [3.63, 3.8) is 0 Å². The molecule has 0 bridgehead atoms. The predicted molar refractivity (Wildman–Crippen MR) is 98.7 cm³/mol. The normalized spacial score (nSPS) is 15.8. The Bertz CT molecular complexity index is 876. The van der Waals surface area contributed by atoms with Gasteiger partial charge in [-0.15, -0.1) is 0 Å². The number of carbonyl (C=O) groups is 2. The molecular weight excluding hydrogens is 361 g/mol. The summed E-state index contributed by atoms with van der Waals surface area (Å²) in [6.07, 6.45) is 1.73. The van der Waals surface area contributed by atoms with Gasteiger partial charge in [-0.25, -0.2) is 9.18 Å². The summed E-state index contributed by atoms with van der Waals surface area (Å²) in [5.74, 6) is -0.769. The van der Waals surface area contributed by atoms with Crippen LogP contribution in [0.1, 0.15) is 15.9 Å². The van der Waals surface area contributed by atoms with Gasteiger partial charge in [0.05, 0.1) is 10.5 Å². The van der Waals surface area contributed by atoms with Gasteiger partial charge in [-0.2, -0.15) is 0 Å². The van der Waals surface area contributed by atoms with Crippen LogP contribution in [0.25, 0.3) is 6.08 Å². The average Bonchev–Trinajstić information content (AvgIpc) is 2.84. The van der Waals surface area contributed by atoms with Crippen molar-refractivity contribution in [2.24, 2.45) is 0 Å². The van der Waals surface area contributed by atoms with Crippen molar-refractivity contribution in [2.75, 3.05) is 7.05 Å². The van der Waals surface area contributed by atoms with Crippen LogP contribution in [0, 0.1) is 5.82 Å². The minimum Gasteiger partial charge on any atom is -0.423 e. The van der Waals surface area contributed by atoms with Crippen LogP contribution in [0.5, 0.6) is 5.75 Å². The van der Waals surface area contributed by atoms with E-state index in [9.17, 15) is 14.0 Å². The largest absolute Gasteiger partial charge is 0.423 e. The number of thioether (sulfide) groups is 1. The van der Waals surface area contributed by atoms with Crippen LogP contribution >= 0.6 is 24.0 Å². The lowest BCUT2D eigenvalue weighted by molar-refractivity contribution is -0.121. The zero-order valence-electron chi connectivity index (χ0n) is 13.1. The lowest BCUT2D eigenvalue weighted by Gasteiger charge is -2.05. The molecule has 1 saturated heterocycles. The monoisotopic (exact) mass is 373 g/mol. The van der Waals surface area contributed by atoms with Crippen LogP contribution in [-0.4, -0.2) is 28.1 Å². The Hall–Kier alpha value is -2.51. The average molecular weight is 373 g/mol. The highest BCUT2D eigenvalue weighted by molar-refractivity contribution is 8.26. The summed E-state index contributed by atoms with van der Waals surface area (Å²) in [6.45, 7) is 0. The molecule has 1 aliphatic rings. The summed E-state index contributed by atoms with van der Waals surface area (Å²) in [5.41, 5.74) is 1.05. The van der Waals surface area contributed by atoms with E-state index in [2.05, 4.69) is 0 Å². The SMILES string of the molecule is CN1C(=O)/C(=C\c2ccc(OC(=O)c3ccc(F)cc3)cc2)SC1=S. The second-order valence-corrected chi connectivity index (χ2v) is 6.88. The third-order valence-electron chi connectivity index (χ3n) is 3.45. The summed E-state index contributed by atoms with van der Waals surface area (Å²) in [6, 6.07) is 11.8. The number of benzene rings is 2. The Kier molecular flexibility index (Phi) is 4.96. The summed E-state index contributed by atoms with van der Waals surface area (Å²) >= 11 is 6.32. The molecule has 0 aliphatic carbocycles. The van der Waals surface area contributed by atoms with E-state index >= 15 is 0 Å². The first-order chi connectivity index (χ1) is 11.9. The topological polar surface area (TPSA) is 46.6 Å². The molecule has 0 saturated carbocycles. The highest BCUT2D eigenvalue weighted by Gasteiger charge is 2.28. The highest BCUT2D eigenvalue weighted by Crippen LogP contribution is 2.31. The smallest absolute Gasteiger partial charge is 0.343 e. The highest BCUT2D eigenvalue weighted by atomic mass is 32.2. The zero-order chi connectivity index (χ0) is 18.0. The van der Waals surface area contributed by atoms with Crippen LogP contribution in [0.15, 0.2) is 53.4 Å². The molecule has 126 valence electrons. The molecule has 1 aliphatic heterocycles. The van der Waals surface area contributed by atoms with Crippen LogP contribution in [0.4, 0.5) is 4.39 Å². The van der Waals surface area contributed by atoms with E-state index in [0.717, 1.165) is 5.56 Å². The Balaban J connectivity index is 1.70. The molecule has 7 heteroatoms. The third-order valence-corrected chi connectivity index (χ3v) is 4.94. The van der Waals surface area contributed by atoms with E-state index in [1.54, 1.807) is 37.4 Å². The lowest BCUT2D eigenvalue weighted by Crippen LogP contribution is -2.22. The van der Waals surface area contributed by atoms with Gasteiger partial charge in [-0.05, 0) is 48.0 Å². The van der Waals surface area contributed by atoms with E-state index < -0.39 is 11.8 Å². The molecule has 0 unspecified atom stereocenters. The first kappa shape index (κ1) is 17.3. The molecule has 3 rings (SSSR count). The van der Waals surface area contributed by atoms with Crippen molar-refractivity contribution in [1.29, 1.82) is 0 Å². The Morgan fingerprint density at radius 3 is 2.36 bits per heavy atom. The summed E-state index contributed by atoms with van der Waals surface area (Å²) in [4.78, 5) is 25.9. The second-order valence-electron chi connectivity index (χ2n) is 5.21. The quantitative estimate of drug-likeness (QED) is 0.354. The number of esters is 1. The second kappa shape index (κ2) is 7.16. The number of halogens is 1. The van der Waals surface area contributed by atoms with Gasteiger partial charge in [-0.1, -0.05) is 36.1 Å². The minimum absolute atomic E-state index is 0.137. The van der Waals surface area contributed by atoms with Gasteiger partial charge in [0, 0.05) is 7.05 Å². The van der Waals surface area contributed by atoms with E-state index in [1.165, 1.54) is 40.9 Å². The number of amides is 1. The van der Waals surface area contributed by atoms with Crippen LogP contribution in [-0.2, 0) is 4.79 Å². The molecule has 0 spiro atoms. The van der Waals surface area contributed by atoms with Gasteiger partial charge in [0.25, 0.3) is 5.91 Å².